The van der Waals surface area contributed by atoms with Crippen molar-refractivity contribution >= 4 is 0 Å². The van der Waals surface area contributed by atoms with E-state index >= 15 is 0 Å². The second kappa shape index (κ2) is 16.4. The third kappa shape index (κ3) is 13.9. The number of ether oxygens (including phenoxy) is 3. The monoisotopic (exact) mass is 350 g/mol. The van der Waals surface area contributed by atoms with Crippen LogP contribution >= 0.6 is 0 Å². The quantitative estimate of drug-likeness (QED) is 0.322. The Hall–Kier alpha value is -1.06. The maximum atomic E-state index is 5.71. The molecule has 0 aliphatic heterocycles. The molecule has 0 aliphatic rings. The van der Waals surface area contributed by atoms with Crippen molar-refractivity contribution in [1.82, 2.24) is 0 Å². The van der Waals surface area contributed by atoms with Gasteiger partial charge in [0.2, 0.25) is 0 Å². The highest BCUT2D eigenvalue weighted by Gasteiger charge is 1.98. The Balaban J connectivity index is 1.72. The van der Waals surface area contributed by atoms with Gasteiger partial charge in [0.15, 0.2) is 0 Å². The van der Waals surface area contributed by atoms with E-state index in [9.17, 15) is 0 Å². The van der Waals surface area contributed by atoms with Gasteiger partial charge in [-0.25, -0.2) is 0 Å². The van der Waals surface area contributed by atoms with Crippen LogP contribution in [-0.2, 0) is 9.47 Å². The standard InChI is InChI=1S/C22H38O3/c1-3-21(2)24-19-13-6-4-11-17-23-18-12-5-7-14-20-25-22-15-9-8-10-16-22/h8-10,15-16,21H,3-7,11-14,17-20H2,1-2H3. The summed E-state index contributed by atoms with van der Waals surface area (Å²) in [4.78, 5) is 0. The first-order chi connectivity index (χ1) is 12.3. The Morgan fingerprint density at radius 2 is 1.28 bits per heavy atom. The Labute approximate surface area is 155 Å². The fraction of sp³-hybridized carbons (Fsp3) is 0.727. The van der Waals surface area contributed by atoms with E-state index in [0.29, 0.717) is 6.10 Å². The smallest absolute Gasteiger partial charge is 0.119 e. The minimum atomic E-state index is 0.410. The number of hydrogen-bond donors (Lipinski definition) is 0. The number of rotatable bonds is 17. The van der Waals surface area contributed by atoms with Crippen molar-refractivity contribution in [2.45, 2.75) is 77.7 Å². The van der Waals surface area contributed by atoms with E-state index in [1.807, 2.05) is 30.3 Å². The van der Waals surface area contributed by atoms with E-state index in [1.54, 1.807) is 0 Å². The number of benzene rings is 1. The third-order valence-corrected chi connectivity index (χ3v) is 4.36. The molecular weight excluding hydrogens is 312 g/mol. The van der Waals surface area contributed by atoms with Crippen LogP contribution in [0.25, 0.3) is 0 Å². The van der Waals surface area contributed by atoms with Gasteiger partial charge in [0.25, 0.3) is 0 Å². The van der Waals surface area contributed by atoms with Crippen molar-refractivity contribution in [2.75, 3.05) is 26.4 Å². The molecule has 3 nitrogen and oxygen atoms in total. The van der Waals surface area contributed by atoms with Crippen molar-refractivity contribution in [3.8, 4) is 5.75 Å². The van der Waals surface area contributed by atoms with E-state index < -0.39 is 0 Å². The molecule has 0 saturated heterocycles. The lowest BCUT2D eigenvalue weighted by atomic mass is 10.2. The molecule has 1 aromatic rings. The zero-order valence-electron chi connectivity index (χ0n) is 16.4. The lowest BCUT2D eigenvalue weighted by Crippen LogP contribution is -2.07. The van der Waals surface area contributed by atoms with Crippen LogP contribution in [0.1, 0.15) is 71.6 Å². The molecule has 1 aromatic carbocycles. The zero-order chi connectivity index (χ0) is 18.0. The first-order valence-electron chi connectivity index (χ1n) is 10.2. The lowest BCUT2D eigenvalue weighted by molar-refractivity contribution is 0.0601. The molecule has 0 N–H and O–H groups in total. The Bertz CT molecular complexity index is 380. The molecule has 1 unspecified atom stereocenters. The van der Waals surface area contributed by atoms with Crippen molar-refractivity contribution in [1.29, 1.82) is 0 Å². The van der Waals surface area contributed by atoms with E-state index in [0.717, 1.165) is 51.4 Å². The van der Waals surface area contributed by atoms with Crippen molar-refractivity contribution in [2.24, 2.45) is 0 Å². The molecule has 0 spiro atoms. The zero-order valence-corrected chi connectivity index (χ0v) is 16.4. The summed E-state index contributed by atoms with van der Waals surface area (Å²) >= 11 is 0. The largest absolute Gasteiger partial charge is 0.494 e. The number of hydrogen-bond acceptors (Lipinski definition) is 3. The minimum Gasteiger partial charge on any atom is -0.494 e. The molecule has 1 atom stereocenters. The molecule has 0 bridgehead atoms. The van der Waals surface area contributed by atoms with Gasteiger partial charge in [-0.1, -0.05) is 44.4 Å². The predicted molar refractivity (Wildman–Crippen MR) is 105 cm³/mol. The van der Waals surface area contributed by atoms with Crippen LogP contribution in [0.5, 0.6) is 5.75 Å². The fourth-order valence-electron chi connectivity index (χ4n) is 2.53. The van der Waals surface area contributed by atoms with Crippen LogP contribution in [-0.4, -0.2) is 32.5 Å². The molecule has 1 rings (SSSR count). The third-order valence-electron chi connectivity index (χ3n) is 4.36. The summed E-state index contributed by atoms with van der Waals surface area (Å²) in [6.07, 6.45) is 11.1. The maximum Gasteiger partial charge on any atom is 0.119 e. The average Bonchev–Trinajstić information content (AvgIpc) is 2.65. The van der Waals surface area contributed by atoms with Gasteiger partial charge in [0.05, 0.1) is 12.7 Å². The molecule has 0 saturated carbocycles. The molecule has 0 radical (unpaired) electrons. The van der Waals surface area contributed by atoms with E-state index in [-0.39, 0.29) is 0 Å². The second-order valence-electron chi connectivity index (χ2n) is 6.69. The highest BCUT2D eigenvalue weighted by molar-refractivity contribution is 5.20. The highest BCUT2D eigenvalue weighted by Crippen LogP contribution is 2.10. The normalized spacial score (nSPS) is 12.2. The summed E-state index contributed by atoms with van der Waals surface area (Å²) in [7, 11) is 0. The molecule has 144 valence electrons. The Kier molecular flexibility index (Phi) is 14.4. The lowest BCUT2D eigenvalue weighted by Gasteiger charge is -2.10. The summed E-state index contributed by atoms with van der Waals surface area (Å²) in [5.74, 6) is 0.970. The first kappa shape index (κ1) is 22.0. The molecule has 3 heteroatoms. The highest BCUT2D eigenvalue weighted by atomic mass is 16.5. The molecule has 0 aliphatic carbocycles. The van der Waals surface area contributed by atoms with E-state index in [1.165, 1.54) is 38.5 Å². The van der Waals surface area contributed by atoms with Gasteiger partial charge >= 0.3 is 0 Å². The molecule has 0 aromatic heterocycles. The molecule has 0 fully saturated rings. The van der Waals surface area contributed by atoms with E-state index in [4.69, 9.17) is 14.2 Å². The van der Waals surface area contributed by atoms with Crippen LogP contribution in [0.3, 0.4) is 0 Å². The van der Waals surface area contributed by atoms with Crippen LogP contribution in [0, 0.1) is 0 Å². The molecule has 0 amide bonds. The van der Waals surface area contributed by atoms with Gasteiger partial charge in [-0.2, -0.15) is 0 Å². The summed E-state index contributed by atoms with van der Waals surface area (Å²) in [6, 6.07) is 10.0. The predicted octanol–water partition coefficient (Wildman–Crippen LogP) is 6.02. The van der Waals surface area contributed by atoms with Gasteiger partial charge in [-0.15, -0.1) is 0 Å². The average molecular weight is 351 g/mol. The molecule has 0 heterocycles. The second-order valence-corrected chi connectivity index (χ2v) is 6.69. The fourth-order valence-corrected chi connectivity index (χ4v) is 2.53. The number of unbranched alkanes of at least 4 members (excludes halogenated alkanes) is 6. The van der Waals surface area contributed by atoms with Gasteiger partial charge in [0, 0.05) is 19.8 Å². The van der Waals surface area contributed by atoms with Gasteiger partial charge < -0.3 is 14.2 Å². The summed E-state index contributed by atoms with van der Waals surface area (Å²) in [6.45, 7) is 7.83. The van der Waals surface area contributed by atoms with Crippen molar-refractivity contribution in [3.05, 3.63) is 30.3 Å². The topological polar surface area (TPSA) is 27.7 Å². The van der Waals surface area contributed by atoms with Crippen molar-refractivity contribution in [3.63, 3.8) is 0 Å². The molecule has 25 heavy (non-hydrogen) atoms. The van der Waals surface area contributed by atoms with Crippen LogP contribution in [0.15, 0.2) is 30.3 Å². The molecular formula is C22H38O3. The van der Waals surface area contributed by atoms with Gasteiger partial charge in [-0.05, 0) is 57.6 Å². The maximum absolute atomic E-state index is 5.71. The summed E-state index contributed by atoms with van der Waals surface area (Å²) in [5.41, 5.74) is 0. The van der Waals surface area contributed by atoms with Crippen LogP contribution in [0.4, 0.5) is 0 Å². The van der Waals surface area contributed by atoms with Crippen molar-refractivity contribution < 1.29 is 14.2 Å². The van der Waals surface area contributed by atoms with Gasteiger partial charge in [0.1, 0.15) is 5.75 Å². The van der Waals surface area contributed by atoms with Crippen LogP contribution < -0.4 is 4.74 Å². The first-order valence-corrected chi connectivity index (χ1v) is 10.2. The van der Waals surface area contributed by atoms with Crippen LogP contribution in [0.2, 0.25) is 0 Å². The van der Waals surface area contributed by atoms with E-state index in [2.05, 4.69) is 13.8 Å². The summed E-state index contributed by atoms with van der Waals surface area (Å²) in [5, 5.41) is 0. The minimum absolute atomic E-state index is 0.410. The Morgan fingerprint density at radius 3 is 1.88 bits per heavy atom. The Morgan fingerprint density at radius 1 is 0.720 bits per heavy atom. The van der Waals surface area contributed by atoms with Gasteiger partial charge in [-0.3, -0.25) is 0 Å². The number of para-hydroxylation sites is 1. The summed E-state index contributed by atoms with van der Waals surface area (Å²) < 4.78 is 17.1. The SMILES string of the molecule is CCC(C)OCCCCCCOCCCCCCOc1ccccc1.